The van der Waals surface area contributed by atoms with Crippen LogP contribution in [0.25, 0.3) is 11.2 Å². The molecule has 1 fully saturated rings. The fraction of sp³-hybridized carbons (Fsp3) is 0.500. The first-order valence-corrected chi connectivity index (χ1v) is 7.78. The maximum Gasteiger partial charge on any atom is 0.394 e. The molecule has 13 nitrogen and oxygen atoms in total. The number of ether oxygens (including phenoxy) is 1. The normalized spacial score (nSPS) is 27.0. The van der Waals surface area contributed by atoms with Crippen LogP contribution >= 0.6 is 0 Å². The Hall–Kier alpha value is -1.94. The predicted octanol–water partition coefficient (Wildman–Crippen LogP) is -2.63. The number of fused-ring (bicyclic) bond motifs is 1. The summed E-state index contributed by atoms with van der Waals surface area (Å²) in [4.78, 5) is 11.9. The third kappa shape index (κ3) is 3.93. The van der Waals surface area contributed by atoms with Crippen LogP contribution in [0.15, 0.2) is 12.7 Å². The van der Waals surface area contributed by atoms with Crippen LogP contribution in [0.5, 0.6) is 0 Å². The zero-order valence-corrected chi connectivity index (χ0v) is 12.7. The van der Waals surface area contributed by atoms with E-state index >= 15 is 0 Å². The van der Waals surface area contributed by atoms with Crippen LogP contribution in [-0.2, 0) is 15.1 Å². The van der Waals surface area contributed by atoms with Gasteiger partial charge in [-0.3, -0.25) is 13.7 Å². The molecule has 14 heteroatoms. The lowest BCUT2D eigenvalue weighted by molar-refractivity contribution is -0.0511. The Morgan fingerprint density at radius 2 is 1.83 bits per heavy atom. The SMILES string of the molecule is Nc1ncnc2c1ncn2[C@@H]1O[C@H](CO)C(O)C1O.O=S(=O)(O)O. The lowest BCUT2D eigenvalue weighted by Crippen LogP contribution is -2.33. The Bertz CT molecular complexity index is 803. The van der Waals surface area contributed by atoms with Crippen LogP contribution in [0.1, 0.15) is 6.23 Å². The average Bonchev–Trinajstić information content (AvgIpc) is 3.01. The van der Waals surface area contributed by atoms with Crippen molar-refractivity contribution in [1.82, 2.24) is 19.5 Å². The maximum absolute atomic E-state index is 9.95. The number of aliphatic hydroxyl groups is 3. The standard InChI is InChI=1S/C10H13N5O4.H2O4S/c11-8-5-9(13-2-12-8)15(3-14-5)10-7(18)6(17)4(1-16)19-10;1-5(2,3)4/h2-4,6-7,10,16-18H,1H2,(H2,11,12,13);(H2,1,2,3,4)/t4-,6?,7?,10-;/m1./s1. The Kier molecular flexibility index (Phi) is 5.29. The summed E-state index contributed by atoms with van der Waals surface area (Å²) in [5.41, 5.74) is 6.44. The zero-order chi connectivity index (χ0) is 18.1. The van der Waals surface area contributed by atoms with E-state index in [1.54, 1.807) is 0 Å². The van der Waals surface area contributed by atoms with E-state index in [-0.39, 0.29) is 5.82 Å². The summed E-state index contributed by atoms with van der Waals surface area (Å²) in [6, 6.07) is 0. The van der Waals surface area contributed by atoms with Crippen LogP contribution in [-0.4, -0.2) is 77.3 Å². The Morgan fingerprint density at radius 1 is 1.21 bits per heavy atom. The van der Waals surface area contributed by atoms with Gasteiger partial charge in [0.05, 0.1) is 12.9 Å². The Balaban J connectivity index is 0.000000368. The zero-order valence-electron chi connectivity index (χ0n) is 11.9. The molecule has 1 saturated heterocycles. The summed E-state index contributed by atoms with van der Waals surface area (Å²) in [5.74, 6) is 0.218. The molecule has 2 aromatic heterocycles. The lowest BCUT2D eigenvalue weighted by Gasteiger charge is -2.16. The van der Waals surface area contributed by atoms with E-state index in [4.69, 9.17) is 33.1 Å². The smallest absolute Gasteiger partial charge is 0.394 e. The van der Waals surface area contributed by atoms with Gasteiger partial charge in [-0.05, 0) is 0 Å². The quantitative estimate of drug-likeness (QED) is 0.301. The van der Waals surface area contributed by atoms with Crippen LogP contribution in [0.4, 0.5) is 5.82 Å². The van der Waals surface area contributed by atoms with Gasteiger partial charge in [0.25, 0.3) is 0 Å². The molecular formula is C10H15N5O8S. The largest absolute Gasteiger partial charge is 0.394 e. The number of aliphatic hydroxyl groups excluding tert-OH is 3. The van der Waals surface area contributed by atoms with E-state index < -0.39 is 41.5 Å². The molecule has 134 valence electrons. The summed E-state index contributed by atoms with van der Waals surface area (Å²) < 4.78 is 38.4. The van der Waals surface area contributed by atoms with Crippen molar-refractivity contribution < 1.29 is 37.6 Å². The van der Waals surface area contributed by atoms with Crippen LogP contribution in [0.3, 0.4) is 0 Å². The van der Waals surface area contributed by atoms with Gasteiger partial charge in [0.2, 0.25) is 0 Å². The number of imidazole rings is 1. The van der Waals surface area contributed by atoms with Crippen molar-refractivity contribution in [1.29, 1.82) is 0 Å². The van der Waals surface area contributed by atoms with Crippen LogP contribution in [0, 0.1) is 0 Å². The minimum absolute atomic E-state index is 0.218. The fourth-order valence-corrected chi connectivity index (χ4v) is 2.17. The van der Waals surface area contributed by atoms with Crippen molar-refractivity contribution in [3.05, 3.63) is 12.7 Å². The van der Waals surface area contributed by atoms with E-state index in [9.17, 15) is 10.2 Å². The minimum atomic E-state index is -4.67. The number of anilines is 1. The molecular weight excluding hydrogens is 350 g/mol. The van der Waals surface area contributed by atoms with Gasteiger partial charge in [-0.25, -0.2) is 15.0 Å². The Labute approximate surface area is 134 Å². The molecule has 4 atom stereocenters. The first-order chi connectivity index (χ1) is 11.1. The molecule has 1 aliphatic heterocycles. The number of rotatable bonds is 2. The van der Waals surface area contributed by atoms with Crippen molar-refractivity contribution >= 4 is 27.4 Å². The van der Waals surface area contributed by atoms with E-state index in [1.165, 1.54) is 17.2 Å². The van der Waals surface area contributed by atoms with Crippen molar-refractivity contribution in [2.75, 3.05) is 12.3 Å². The van der Waals surface area contributed by atoms with Gasteiger partial charge in [0, 0.05) is 0 Å². The molecule has 0 aliphatic carbocycles. The molecule has 0 spiro atoms. The van der Waals surface area contributed by atoms with Crippen molar-refractivity contribution in [3.8, 4) is 0 Å². The maximum atomic E-state index is 9.95. The molecule has 2 aromatic rings. The molecule has 24 heavy (non-hydrogen) atoms. The van der Waals surface area contributed by atoms with Gasteiger partial charge in [0.15, 0.2) is 17.7 Å². The molecule has 7 N–H and O–H groups in total. The van der Waals surface area contributed by atoms with Gasteiger partial charge in [-0.15, -0.1) is 0 Å². The average molecular weight is 365 g/mol. The molecule has 0 aromatic carbocycles. The van der Waals surface area contributed by atoms with E-state index in [0.29, 0.717) is 11.2 Å². The molecule has 1 aliphatic rings. The Morgan fingerprint density at radius 3 is 2.38 bits per heavy atom. The molecule has 2 unspecified atom stereocenters. The van der Waals surface area contributed by atoms with Gasteiger partial charge in [-0.1, -0.05) is 0 Å². The summed E-state index contributed by atoms with van der Waals surface area (Å²) in [6.07, 6.45) is -1.42. The molecule has 0 amide bonds. The van der Waals surface area contributed by atoms with Crippen molar-refractivity contribution in [3.63, 3.8) is 0 Å². The highest BCUT2D eigenvalue weighted by Gasteiger charge is 2.43. The molecule has 3 rings (SSSR count). The van der Waals surface area contributed by atoms with Crippen LogP contribution in [0.2, 0.25) is 0 Å². The lowest BCUT2D eigenvalue weighted by atomic mass is 10.1. The molecule has 0 radical (unpaired) electrons. The monoisotopic (exact) mass is 365 g/mol. The molecule has 0 bridgehead atoms. The van der Waals surface area contributed by atoms with Crippen LogP contribution < -0.4 is 5.73 Å². The van der Waals surface area contributed by atoms with Gasteiger partial charge in [-0.2, -0.15) is 8.42 Å². The second-order valence-electron chi connectivity index (χ2n) is 4.76. The van der Waals surface area contributed by atoms with Crippen molar-refractivity contribution in [2.45, 2.75) is 24.5 Å². The molecule has 0 saturated carbocycles. The second kappa shape index (κ2) is 6.89. The highest BCUT2D eigenvalue weighted by molar-refractivity contribution is 7.79. The summed E-state index contributed by atoms with van der Waals surface area (Å²) in [7, 11) is -4.67. The topological polar surface area (TPSA) is 214 Å². The number of nitrogens with zero attached hydrogens (tertiary/aromatic N) is 4. The van der Waals surface area contributed by atoms with E-state index in [1.807, 2.05) is 0 Å². The molecule has 3 heterocycles. The summed E-state index contributed by atoms with van der Waals surface area (Å²) in [6.45, 7) is -0.390. The van der Waals surface area contributed by atoms with Gasteiger partial charge in [0.1, 0.15) is 30.2 Å². The third-order valence-electron chi connectivity index (χ3n) is 3.18. The third-order valence-corrected chi connectivity index (χ3v) is 3.18. The first kappa shape index (κ1) is 18.4. The number of hydrogen-bond donors (Lipinski definition) is 6. The number of nitrogens with two attached hydrogens (primary N) is 1. The van der Waals surface area contributed by atoms with Gasteiger partial charge < -0.3 is 25.8 Å². The number of nitrogen functional groups attached to an aromatic ring is 1. The van der Waals surface area contributed by atoms with E-state index in [0.717, 1.165) is 0 Å². The second-order valence-corrected chi connectivity index (χ2v) is 5.66. The number of hydrogen-bond acceptors (Lipinski definition) is 10. The highest BCUT2D eigenvalue weighted by Crippen LogP contribution is 2.31. The van der Waals surface area contributed by atoms with E-state index in [2.05, 4.69) is 15.0 Å². The summed E-state index contributed by atoms with van der Waals surface area (Å²) in [5, 5.41) is 28.7. The predicted molar refractivity (Wildman–Crippen MR) is 76.9 cm³/mol. The summed E-state index contributed by atoms with van der Waals surface area (Å²) >= 11 is 0. The highest BCUT2D eigenvalue weighted by atomic mass is 32.3. The number of aromatic nitrogens is 4. The fourth-order valence-electron chi connectivity index (χ4n) is 2.17. The van der Waals surface area contributed by atoms with Crippen molar-refractivity contribution in [2.24, 2.45) is 0 Å². The first-order valence-electron chi connectivity index (χ1n) is 6.38. The van der Waals surface area contributed by atoms with Gasteiger partial charge >= 0.3 is 10.4 Å². The minimum Gasteiger partial charge on any atom is -0.394 e.